The van der Waals surface area contributed by atoms with Crippen molar-refractivity contribution in [3.63, 3.8) is 0 Å². The van der Waals surface area contributed by atoms with Gasteiger partial charge in [-0.1, -0.05) is 18.2 Å². The monoisotopic (exact) mass is 257 g/mol. The number of amides is 1. The summed E-state index contributed by atoms with van der Waals surface area (Å²) < 4.78 is 0. The summed E-state index contributed by atoms with van der Waals surface area (Å²) in [4.78, 5) is 16.7. The van der Waals surface area contributed by atoms with E-state index in [-0.39, 0.29) is 5.91 Å². The maximum atomic E-state index is 12.2. The lowest BCUT2D eigenvalue weighted by Gasteiger charge is -2.23. The fourth-order valence-electron chi connectivity index (χ4n) is 1.80. The van der Waals surface area contributed by atoms with Gasteiger partial charge in [-0.05, 0) is 40.0 Å². The Bertz CT molecular complexity index is 620. The molecule has 4 heteroatoms. The number of anilines is 1. The number of aromatic nitrogens is 1. The van der Waals surface area contributed by atoms with Gasteiger partial charge in [0.1, 0.15) is 0 Å². The van der Waals surface area contributed by atoms with Crippen LogP contribution in [-0.2, 0) is 4.79 Å². The summed E-state index contributed by atoms with van der Waals surface area (Å²) in [6.45, 7) is 5.61. The third-order valence-electron chi connectivity index (χ3n) is 3.29. The van der Waals surface area contributed by atoms with E-state index in [0.717, 1.165) is 22.3 Å². The number of aryl methyl sites for hydroxylation is 1. The first kappa shape index (κ1) is 13.5. The van der Waals surface area contributed by atoms with E-state index in [0.29, 0.717) is 0 Å². The quantitative estimate of drug-likeness (QED) is 0.888. The molecule has 0 saturated heterocycles. The molecule has 0 spiro atoms. The van der Waals surface area contributed by atoms with Gasteiger partial charge >= 0.3 is 0 Å². The maximum Gasteiger partial charge on any atom is 0.244 e. The lowest BCUT2D eigenvalue weighted by molar-refractivity contribution is -0.121. The predicted molar refractivity (Wildman–Crippen MR) is 78.2 cm³/mol. The van der Waals surface area contributed by atoms with Crippen molar-refractivity contribution in [2.45, 2.75) is 26.3 Å². The molecule has 2 aromatic rings. The van der Waals surface area contributed by atoms with Gasteiger partial charge < -0.3 is 10.6 Å². The molecule has 2 N–H and O–H groups in total. The van der Waals surface area contributed by atoms with E-state index in [2.05, 4.69) is 15.6 Å². The average Bonchev–Trinajstić information content (AvgIpc) is 2.38. The number of nitrogens with zero attached hydrogens (tertiary/aromatic N) is 1. The summed E-state index contributed by atoms with van der Waals surface area (Å²) in [5.74, 6) is -0.0641. The number of nitrogens with one attached hydrogen (secondary N) is 2. The Labute approximate surface area is 113 Å². The van der Waals surface area contributed by atoms with Crippen LogP contribution >= 0.6 is 0 Å². The van der Waals surface area contributed by atoms with Gasteiger partial charge in [0.15, 0.2) is 0 Å². The maximum absolute atomic E-state index is 12.2. The van der Waals surface area contributed by atoms with Crippen LogP contribution < -0.4 is 10.6 Å². The summed E-state index contributed by atoms with van der Waals surface area (Å²) in [6, 6.07) is 9.69. The summed E-state index contributed by atoms with van der Waals surface area (Å²) in [6.07, 6.45) is 0. The van der Waals surface area contributed by atoms with E-state index in [1.54, 1.807) is 7.05 Å². The van der Waals surface area contributed by atoms with Gasteiger partial charge in [-0.15, -0.1) is 0 Å². The zero-order valence-corrected chi connectivity index (χ0v) is 11.7. The van der Waals surface area contributed by atoms with Crippen LogP contribution in [0, 0.1) is 6.92 Å². The molecule has 0 saturated carbocycles. The molecule has 0 radical (unpaired) electrons. The lowest BCUT2D eigenvalue weighted by atomic mass is 10.0. The highest BCUT2D eigenvalue weighted by molar-refractivity contribution is 6.04. The molecule has 0 aliphatic rings. The number of hydrogen-bond acceptors (Lipinski definition) is 3. The molecule has 4 nitrogen and oxygen atoms in total. The Hall–Kier alpha value is -1.94. The van der Waals surface area contributed by atoms with E-state index in [1.807, 2.05) is 51.1 Å². The zero-order chi connectivity index (χ0) is 14.0. The molecule has 0 fully saturated rings. The van der Waals surface area contributed by atoms with Crippen molar-refractivity contribution >= 4 is 22.5 Å². The van der Waals surface area contributed by atoms with Crippen molar-refractivity contribution in [3.05, 3.63) is 36.0 Å². The minimum absolute atomic E-state index is 0.0641. The number of likely N-dealkylation sites (N-methyl/N-ethyl adjacent to an activating group) is 1. The Morgan fingerprint density at radius 2 is 1.95 bits per heavy atom. The van der Waals surface area contributed by atoms with Crippen LogP contribution in [0.25, 0.3) is 10.9 Å². The molecule has 19 heavy (non-hydrogen) atoms. The first-order valence-electron chi connectivity index (χ1n) is 6.31. The zero-order valence-electron chi connectivity index (χ0n) is 11.7. The lowest BCUT2D eigenvalue weighted by Crippen LogP contribution is -2.47. The number of carbonyl (C=O) groups excluding carboxylic acids is 1. The van der Waals surface area contributed by atoms with E-state index in [4.69, 9.17) is 0 Å². The fourth-order valence-corrected chi connectivity index (χ4v) is 1.80. The summed E-state index contributed by atoms with van der Waals surface area (Å²) in [5, 5.41) is 6.92. The van der Waals surface area contributed by atoms with Gasteiger partial charge in [0.05, 0.1) is 16.7 Å². The predicted octanol–water partition coefficient (Wildman–Crippen LogP) is 2.48. The highest BCUT2D eigenvalue weighted by Gasteiger charge is 2.25. The van der Waals surface area contributed by atoms with Gasteiger partial charge in [-0.25, -0.2) is 0 Å². The van der Waals surface area contributed by atoms with Gasteiger partial charge in [0.2, 0.25) is 5.91 Å². The van der Waals surface area contributed by atoms with E-state index in [9.17, 15) is 4.79 Å². The molecule has 1 aromatic carbocycles. The van der Waals surface area contributed by atoms with Crippen LogP contribution in [0.2, 0.25) is 0 Å². The van der Waals surface area contributed by atoms with Crippen LogP contribution in [0.15, 0.2) is 30.3 Å². The topological polar surface area (TPSA) is 54.0 Å². The fraction of sp³-hybridized carbons (Fsp3) is 0.333. The SMILES string of the molecule is CNC(C)(C)C(=O)Nc1cc(C)nc2ccccc12. The number of para-hydroxylation sites is 1. The van der Waals surface area contributed by atoms with Crippen molar-refractivity contribution in [2.24, 2.45) is 0 Å². The van der Waals surface area contributed by atoms with Gasteiger partial charge in [-0.2, -0.15) is 0 Å². The van der Waals surface area contributed by atoms with Crippen LogP contribution in [0.5, 0.6) is 0 Å². The summed E-state index contributed by atoms with van der Waals surface area (Å²) in [7, 11) is 1.77. The Morgan fingerprint density at radius 1 is 1.26 bits per heavy atom. The highest BCUT2D eigenvalue weighted by atomic mass is 16.2. The van der Waals surface area contributed by atoms with Gasteiger partial charge in [0, 0.05) is 11.1 Å². The standard InChI is InChI=1S/C15H19N3O/c1-10-9-13(18-14(19)15(2,3)16-4)11-7-5-6-8-12(11)17-10/h5-9,16H,1-4H3,(H,17,18,19). The second-order valence-electron chi connectivity index (χ2n) is 5.16. The first-order chi connectivity index (χ1) is 8.94. The number of hydrogen-bond donors (Lipinski definition) is 2. The van der Waals surface area contributed by atoms with Crippen molar-refractivity contribution in [3.8, 4) is 0 Å². The Morgan fingerprint density at radius 3 is 2.63 bits per heavy atom. The molecule has 0 unspecified atom stereocenters. The van der Waals surface area contributed by atoms with Crippen molar-refractivity contribution < 1.29 is 4.79 Å². The van der Waals surface area contributed by atoms with E-state index >= 15 is 0 Å². The second-order valence-corrected chi connectivity index (χ2v) is 5.16. The van der Waals surface area contributed by atoms with Gasteiger partial charge in [0.25, 0.3) is 0 Å². The second kappa shape index (κ2) is 4.97. The molecule has 100 valence electrons. The van der Waals surface area contributed by atoms with E-state index < -0.39 is 5.54 Å². The molecule has 0 atom stereocenters. The number of benzene rings is 1. The summed E-state index contributed by atoms with van der Waals surface area (Å²) in [5.41, 5.74) is 1.96. The normalized spacial score (nSPS) is 11.6. The van der Waals surface area contributed by atoms with Crippen LogP contribution in [0.3, 0.4) is 0 Å². The van der Waals surface area contributed by atoms with Crippen LogP contribution in [0.1, 0.15) is 19.5 Å². The van der Waals surface area contributed by atoms with Crippen LogP contribution in [0.4, 0.5) is 5.69 Å². The van der Waals surface area contributed by atoms with Gasteiger partial charge in [-0.3, -0.25) is 9.78 Å². The molecule has 2 rings (SSSR count). The van der Waals surface area contributed by atoms with E-state index in [1.165, 1.54) is 0 Å². The molecule has 1 aromatic heterocycles. The number of rotatable bonds is 3. The largest absolute Gasteiger partial charge is 0.324 e. The molecule has 1 amide bonds. The number of carbonyl (C=O) groups is 1. The first-order valence-corrected chi connectivity index (χ1v) is 6.31. The molecule has 0 aliphatic carbocycles. The molecule has 0 aliphatic heterocycles. The molecule has 1 heterocycles. The van der Waals surface area contributed by atoms with Crippen molar-refractivity contribution in [1.82, 2.24) is 10.3 Å². The third-order valence-corrected chi connectivity index (χ3v) is 3.29. The minimum Gasteiger partial charge on any atom is -0.324 e. The number of pyridine rings is 1. The summed E-state index contributed by atoms with van der Waals surface area (Å²) >= 11 is 0. The molecule has 0 bridgehead atoms. The highest BCUT2D eigenvalue weighted by Crippen LogP contribution is 2.23. The van der Waals surface area contributed by atoms with Crippen molar-refractivity contribution in [2.75, 3.05) is 12.4 Å². The van der Waals surface area contributed by atoms with Crippen molar-refractivity contribution in [1.29, 1.82) is 0 Å². The smallest absolute Gasteiger partial charge is 0.244 e. The van der Waals surface area contributed by atoms with Crippen LogP contribution in [-0.4, -0.2) is 23.5 Å². The molecular weight excluding hydrogens is 238 g/mol. The minimum atomic E-state index is -0.613. The third kappa shape index (κ3) is 2.74. The average molecular weight is 257 g/mol. The Kier molecular flexibility index (Phi) is 3.53. The molecular formula is C15H19N3O. The Balaban J connectivity index is 2.43. The number of fused-ring (bicyclic) bond motifs is 1.